The van der Waals surface area contributed by atoms with Crippen LogP contribution in [0.2, 0.25) is 0 Å². The lowest BCUT2D eigenvalue weighted by atomic mass is 9.89. The highest BCUT2D eigenvalue weighted by molar-refractivity contribution is 4.82. The maximum atomic E-state index is 3.70. The minimum atomic E-state index is 0.227. The van der Waals surface area contributed by atoms with Crippen LogP contribution in [0.5, 0.6) is 0 Å². The number of rotatable bonds is 6. The zero-order valence-corrected chi connectivity index (χ0v) is 19.5. The molecule has 0 aliphatic carbocycles. The van der Waals surface area contributed by atoms with Gasteiger partial charge in [0.1, 0.15) is 0 Å². The fraction of sp³-hybridized carbons (Fsp3) is 1.00. The monoisotopic (exact) mass is 399 g/mol. The summed E-state index contributed by atoms with van der Waals surface area (Å²) in [5.74, 6) is 1.90. The van der Waals surface area contributed by atoms with Crippen LogP contribution in [0.4, 0.5) is 0 Å². The number of nitrogens with one attached hydrogen (secondary N) is 6. The zero-order chi connectivity index (χ0) is 20.8. The molecule has 0 radical (unpaired) electrons. The molecule has 1 aliphatic heterocycles. The van der Waals surface area contributed by atoms with Gasteiger partial charge in [-0.2, -0.15) is 0 Å². The Balaban J connectivity index is 2.56. The molecule has 1 saturated heterocycles. The van der Waals surface area contributed by atoms with Crippen molar-refractivity contribution in [1.82, 2.24) is 36.8 Å². The van der Waals surface area contributed by atoms with Gasteiger partial charge in [-0.05, 0) is 44.4 Å². The number of hydrogen-bond donors (Lipinski definition) is 6. The molecule has 6 N–H and O–H groups in total. The predicted molar refractivity (Wildman–Crippen MR) is 121 cm³/mol. The first-order chi connectivity index (χ1) is 13.3. The molecule has 1 fully saturated rings. The Kier molecular flexibility index (Phi) is 13.5. The van der Waals surface area contributed by atoms with Gasteiger partial charge in [-0.3, -0.25) is 4.90 Å². The van der Waals surface area contributed by atoms with E-state index in [1.807, 2.05) is 7.05 Å². The molecule has 0 aromatic rings. The van der Waals surface area contributed by atoms with Gasteiger partial charge in [0, 0.05) is 38.1 Å². The van der Waals surface area contributed by atoms with E-state index in [0.29, 0.717) is 17.8 Å². The second-order valence-corrected chi connectivity index (χ2v) is 9.71. The van der Waals surface area contributed by atoms with E-state index in [1.165, 1.54) is 0 Å². The summed E-state index contributed by atoms with van der Waals surface area (Å²) in [5.41, 5.74) is 0.227. The number of hydrogen-bond acceptors (Lipinski definition) is 7. The summed E-state index contributed by atoms with van der Waals surface area (Å²) in [6.07, 6.45) is 0. The van der Waals surface area contributed by atoms with Gasteiger partial charge in [-0.1, -0.05) is 34.6 Å². The zero-order valence-electron chi connectivity index (χ0n) is 19.5. The molecule has 0 spiro atoms. The first kappa shape index (κ1) is 25.8. The Morgan fingerprint density at radius 3 is 1.89 bits per heavy atom. The van der Waals surface area contributed by atoms with Crippen molar-refractivity contribution in [1.29, 1.82) is 0 Å². The average Bonchev–Trinajstić information content (AvgIpc) is 2.60. The molecule has 0 aromatic carbocycles. The van der Waals surface area contributed by atoms with Gasteiger partial charge in [0.2, 0.25) is 0 Å². The summed E-state index contributed by atoms with van der Waals surface area (Å²) in [5, 5.41) is 21.6. The molecule has 1 rings (SSSR count). The van der Waals surface area contributed by atoms with E-state index in [2.05, 4.69) is 71.4 Å². The second-order valence-electron chi connectivity index (χ2n) is 9.71. The average molecular weight is 400 g/mol. The van der Waals surface area contributed by atoms with E-state index in [9.17, 15) is 0 Å². The highest BCUT2D eigenvalue weighted by Crippen LogP contribution is 2.13. The van der Waals surface area contributed by atoms with E-state index in [4.69, 9.17) is 0 Å². The van der Waals surface area contributed by atoms with Crippen LogP contribution < -0.4 is 31.9 Å². The van der Waals surface area contributed by atoms with Gasteiger partial charge < -0.3 is 31.9 Å². The smallest absolute Gasteiger partial charge is 0.0505 e. The van der Waals surface area contributed by atoms with Crippen LogP contribution in [0.1, 0.15) is 34.6 Å². The molecule has 1 heterocycles. The molecule has 0 aromatic heterocycles. The first-order valence-corrected chi connectivity index (χ1v) is 11.2. The van der Waals surface area contributed by atoms with Crippen LogP contribution in [-0.2, 0) is 0 Å². The minimum Gasteiger partial charge on any atom is -0.319 e. The van der Waals surface area contributed by atoms with Crippen LogP contribution >= 0.6 is 0 Å². The Bertz CT molecular complexity index is 356. The second kappa shape index (κ2) is 14.7. The molecule has 2 unspecified atom stereocenters. The summed E-state index contributed by atoms with van der Waals surface area (Å²) >= 11 is 0. The van der Waals surface area contributed by atoms with Gasteiger partial charge in [0.25, 0.3) is 0 Å². The topological polar surface area (TPSA) is 75.4 Å². The lowest BCUT2D eigenvalue weighted by Gasteiger charge is -2.32. The third kappa shape index (κ3) is 12.3. The summed E-state index contributed by atoms with van der Waals surface area (Å²) in [6.45, 7) is 22.5. The van der Waals surface area contributed by atoms with Crippen LogP contribution in [0.25, 0.3) is 0 Å². The molecular weight excluding hydrogens is 350 g/mol. The third-order valence-corrected chi connectivity index (χ3v) is 5.24. The van der Waals surface area contributed by atoms with Gasteiger partial charge >= 0.3 is 0 Å². The van der Waals surface area contributed by atoms with Gasteiger partial charge in [0.15, 0.2) is 0 Å². The van der Waals surface area contributed by atoms with E-state index >= 15 is 0 Å². The van der Waals surface area contributed by atoms with Crippen LogP contribution in [0, 0.1) is 23.2 Å². The SMILES string of the molecule is CNCC1(C)CNCC(C)CNCN(CNCC(C)C)CNCC(C)CNC1. The fourth-order valence-electron chi connectivity index (χ4n) is 3.62. The predicted octanol–water partition coefficient (Wildman–Crippen LogP) is 0.276. The van der Waals surface area contributed by atoms with E-state index < -0.39 is 0 Å². The fourth-order valence-corrected chi connectivity index (χ4v) is 3.62. The lowest BCUT2D eigenvalue weighted by Crippen LogP contribution is -2.50. The van der Waals surface area contributed by atoms with E-state index in [-0.39, 0.29) is 5.41 Å². The lowest BCUT2D eigenvalue weighted by molar-refractivity contribution is 0.202. The van der Waals surface area contributed by atoms with Crippen LogP contribution in [0.3, 0.4) is 0 Å². The van der Waals surface area contributed by atoms with Gasteiger partial charge in [0.05, 0.1) is 20.0 Å². The van der Waals surface area contributed by atoms with Crippen LogP contribution in [0.15, 0.2) is 0 Å². The Morgan fingerprint density at radius 1 is 0.929 bits per heavy atom. The highest BCUT2D eigenvalue weighted by Gasteiger charge is 2.23. The quantitative estimate of drug-likeness (QED) is 0.383. The third-order valence-electron chi connectivity index (χ3n) is 5.24. The number of nitrogens with zero attached hydrogens (tertiary/aromatic N) is 1. The molecule has 7 heteroatoms. The first-order valence-electron chi connectivity index (χ1n) is 11.2. The van der Waals surface area contributed by atoms with Crippen molar-refractivity contribution in [3.8, 4) is 0 Å². The van der Waals surface area contributed by atoms with Crippen molar-refractivity contribution in [3.63, 3.8) is 0 Å². The van der Waals surface area contributed by atoms with Crippen LogP contribution in [-0.4, -0.2) is 84.3 Å². The molecule has 0 amide bonds. The summed E-state index contributed by atoms with van der Waals surface area (Å²) in [6, 6.07) is 0. The van der Waals surface area contributed by atoms with Crippen molar-refractivity contribution < 1.29 is 0 Å². The van der Waals surface area contributed by atoms with E-state index in [1.54, 1.807) is 0 Å². The highest BCUT2D eigenvalue weighted by atomic mass is 15.3. The van der Waals surface area contributed by atoms with Gasteiger partial charge in [-0.15, -0.1) is 0 Å². The molecule has 7 nitrogen and oxygen atoms in total. The maximum Gasteiger partial charge on any atom is 0.0505 e. The maximum absolute atomic E-state index is 3.70. The van der Waals surface area contributed by atoms with Crippen molar-refractivity contribution >= 4 is 0 Å². The molecular formula is C21H49N7. The molecule has 28 heavy (non-hydrogen) atoms. The van der Waals surface area contributed by atoms with Crippen molar-refractivity contribution in [2.75, 3.05) is 79.4 Å². The van der Waals surface area contributed by atoms with E-state index in [0.717, 1.165) is 72.4 Å². The summed E-state index contributed by atoms with van der Waals surface area (Å²) in [4.78, 5) is 2.42. The Labute approximate surface area is 174 Å². The molecule has 0 bridgehead atoms. The Hall–Kier alpha value is -0.280. The standard InChI is InChI=1S/C21H49N7/c1-18(2)7-25-15-28-16-26-10-19(3)8-23-13-21(5,12-22-6)14-24-9-20(4)11-27-17-28/h18-20,22-27H,7-17H2,1-6H3. The van der Waals surface area contributed by atoms with Gasteiger partial charge in [-0.25, -0.2) is 0 Å². The van der Waals surface area contributed by atoms with Crippen molar-refractivity contribution in [2.24, 2.45) is 23.2 Å². The molecule has 168 valence electrons. The summed E-state index contributed by atoms with van der Waals surface area (Å²) < 4.78 is 0. The minimum absolute atomic E-state index is 0.227. The van der Waals surface area contributed by atoms with Crippen molar-refractivity contribution in [3.05, 3.63) is 0 Å². The largest absolute Gasteiger partial charge is 0.319 e. The Morgan fingerprint density at radius 2 is 1.43 bits per heavy atom. The summed E-state index contributed by atoms with van der Waals surface area (Å²) in [7, 11) is 2.05. The van der Waals surface area contributed by atoms with Crippen molar-refractivity contribution in [2.45, 2.75) is 34.6 Å². The normalized spacial score (nSPS) is 30.5. The molecule has 2 atom stereocenters. The molecule has 0 saturated carbocycles. The molecule has 1 aliphatic rings.